The molecule has 0 aliphatic rings. The number of aromatic nitrogens is 1. The summed E-state index contributed by atoms with van der Waals surface area (Å²) in [6.45, 7) is 1.58. The van der Waals surface area contributed by atoms with Crippen LogP contribution in [0.5, 0.6) is 0 Å². The Balaban J connectivity index is 0.000000616. The normalized spacial score (nSPS) is 13.2. The minimum Gasteiger partial charge on any atom is -0.480 e. The number of fused-ring (bicyclic) bond motifs is 1. The van der Waals surface area contributed by atoms with Crippen molar-refractivity contribution in [3.63, 3.8) is 0 Å². The van der Waals surface area contributed by atoms with Crippen LogP contribution in [0.4, 0.5) is 13.2 Å². The van der Waals surface area contributed by atoms with Gasteiger partial charge in [0.2, 0.25) is 0 Å². The molecule has 0 amide bonds. The highest BCUT2D eigenvalue weighted by atomic mass is 32.2. The molecule has 0 radical (unpaired) electrons. The van der Waals surface area contributed by atoms with Crippen molar-refractivity contribution in [2.75, 3.05) is 0 Å². The highest BCUT2D eigenvalue weighted by molar-refractivity contribution is 7.90. The third-order valence-corrected chi connectivity index (χ3v) is 8.14. The average Bonchev–Trinajstić information content (AvgIpc) is 3.56. The fraction of sp³-hybridized carbons (Fsp3) is 0.192. The summed E-state index contributed by atoms with van der Waals surface area (Å²) in [5, 5.41) is 30.0. The maximum absolute atomic E-state index is 13.5. The van der Waals surface area contributed by atoms with E-state index >= 15 is 0 Å². The molecular weight excluding hydrogens is 605 g/mol. The summed E-state index contributed by atoms with van der Waals surface area (Å²) in [6.07, 6.45) is -5.29. The quantitative estimate of drug-likeness (QED) is 0.212. The Bertz CT molecular complexity index is 1700. The predicted octanol–water partition coefficient (Wildman–Crippen LogP) is 3.93. The first kappa shape index (κ1) is 32.3. The second-order valence-electron chi connectivity index (χ2n) is 8.76. The summed E-state index contributed by atoms with van der Waals surface area (Å²) >= 11 is 1.49. The van der Waals surface area contributed by atoms with Crippen molar-refractivity contribution in [1.29, 1.82) is 0 Å². The molecule has 2 aromatic heterocycles. The second-order valence-corrected chi connectivity index (χ2v) is 11.4. The maximum atomic E-state index is 13.5. The third kappa shape index (κ3) is 7.33. The number of hydrogen-bond acceptors (Lipinski definition) is 8. The number of hydrogen-bond donors (Lipinski definition) is 4. The molecule has 224 valence electrons. The van der Waals surface area contributed by atoms with Gasteiger partial charge in [0.1, 0.15) is 6.04 Å². The first-order valence-corrected chi connectivity index (χ1v) is 14.0. The number of alkyl halides is 3. The van der Waals surface area contributed by atoms with Gasteiger partial charge in [-0.15, -0.1) is 0 Å². The van der Waals surface area contributed by atoms with Crippen LogP contribution in [0.15, 0.2) is 70.4 Å². The van der Waals surface area contributed by atoms with Crippen LogP contribution in [0.1, 0.15) is 11.1 Å². The SMILES string of the molecule is Cc1ccc(S(=O)(=O)n2cc(-c3ccsc3)c3ccc(CO[C@H](C(=O)O)[C@H](N)C(=O)O)cc32)cc1.O=C(O)C(F)(F)F. The zero-order valence-electron chi connectivity index (χ0n) is 21.5. The van der Waals surface area contributed by atoms with E-state index in [4.69, 9.17) is 25.5 Å². The zero-order chi connectivity index (χ0) is 31.4. The van der Waals surface area contributed by atoms with Crippen LogP contribution in [0.25, 0.3) is 22.0 Å². The van der Waals surface area contributed by atoms with Crippen LogP contribution in [0, 0.1) is 6.92 Å². The highest BCUT2D eigenvalue weighted by Crippen LogP contribution is 2.35. The number of aryl methyl sites for hydroxylation is 1. The molecule has 2 aromatic carbocycles. The van der Waals surface area contributed by atoms with Crippen LogP contribution in [-0.4, -0.2) is 63.9 Å². The Morgan fingerprint density at radius 3 is 2.14 bits per heavy atom. The second kappa shape index (κ2) is 12.7. The average molecular weight is 629 g/mol. The Morgan fingerprint density at radius 2 is 1.64 bits per heavy atom. The molecule has 2 heterocycles. The number of benzene rings is 2. The van der Waals surface area contributed by atoms with Gasteiger partial charge in [0.25, 0.3) is 10.0 Å². The highest BCUT2D eigenvalue weighted by Gasteiger charge is 2.38. The first-order chi connectivity index (χ1) is 19.5. The molecule has 0 spiro atoms. The van der Waals surface area contributed by atoms with E-state index in [1.54, 1.807) is 48.7 Å². The molecule has 0 saturated carbocycles. The fourth-order valence-corrected chi connectivity index (χ4v) is 5.67. The van der Waals surface area contributed by atoms with Crippen LogP contribution < -0.4 is 5.73 Å². The molecule has 0 aliphatic carbocycles. The Morgan fingerprint density at radius 1 is 1.02 bits per heavy atom. The van der Waals surface area contributed by atoms with Gasteiger partial charge in [-0.05, 0) is 53.1 Å². The molecule has 0 aliphatic heterocycles. The van der Waals surface area contributed by atoms with Crippen LogP contribution in [-0.2, 0) is 35.8 Å². The smallest absolute Gasteiger partial charge is 0.480 e. The standard InChI is InChI=1S/C24H22N2O7S2.C2HF3O2/c1-14-2-5-17(6-3-14)35(31,32)26-11-19(16-8-9-34-13-16)18-7-4-15(10-20(18)26)12-33-22(24(29)30)21(25)23(27)28;3-2(4,5)1(6)7/h2-11,13,21-22H,12,25H2,1H3,(H,27,28)(H,29,30);(H,6,7)/t21-,22-;/m0./s1. The van der Waals surface area contributed by atoms with Crippen molar-refractivity contribution < 1.29 is 56.0 Å². The van der Waals surface area contributed by atoms with E-state index in [1.165, 1.54) is 15.3 Å². The van der Waals surface area contributed by atoms with Crippen LogP contribution in [0.3, 0.4) is 0 Å². The molecule has 0 saturated heterocycles. The minimum atomic E-state index is -5.08. The molecule has 0 fully saturated rings. The third-order valence-electron chi connectivity index (χ3n) is 5.77. The van der Waals surface area contributed by atoms with Gasteiger partial charge < -0.3 is 25.8 Å². The van der Waals surface area contributed by atoms with E-state index in [1.807, 2.05) is 23.8 Å². The molecule has 11 nitrogen and oxygen atoms in total. The summed E-state index contributed by atoms with van der Waals surface area (Å²) in [5.41, 5.74) is 8.78. The van der Waals surface area contributed by atoms with Gasteiger partial charge in [-0.2, -0.15) is 24.5 Å². The molecule has 5 N–H and O–H groups in total. The molecule has 4 aromatic rings. The topological polar surface area (TPSA) is 186 Å². The van der Waals surface area contributed by atoms with E-state index in [-0.39, 0.29) is 11.5 Å². The zero-order valence-corrected chi connectivity index (χ0v) is 23.1. The lowest BCUT2D eigenvalue weighted by Crippen LogP contribution is -2.47. The number of carbonyl (C=O) groups is 3. The van der Waals surface area contributed by atoms with E-state index in [0.29, 0.717) is 16.5 Å². The lowest BCUT2D eigenvalue weighted by atomic mass is 10.1. The van der Waals surface area contributed by atoms with Gasteiger partial charge in [-0.1, -0.05) is 29.8 Å². The number of aliphatic carboxylic acids is 3. The van der Waals surface area contributed by atoms with Crippen molar-refractivity contribution in [3.8, 4) is 11.1 Å². The number of nitrogens with two attached hydrogens (primary N) is 1. The van der Waals surface area contributed by atoms with Crippen molar-refractivity contribution in [2.45, 2.75) is 36.7 Å². The number of halogens is 3. The predicted molar refractivity (Wildman–Crippen MR) is 145 cm³/mol. The van der Waals surface area contributed by atoms with Gasteiger partial charge in [-0.25, -0.2) is 22.0 Å². The molecule has 42 heavy (non-hydrogen) atoms. The van der Waals surface area contributed by atoms with Crippen molar-refractivity contribution in [1.82, 2.24) is 3.97 Å². The number of rotatable bonds is 9. The minimum absolute atomic E-state index is 0.122. The molecule has 0 bridgehead atoms. The monoisotopic (exact) mass is 628 g/mol. The first-order valence-electron chi connectivity index (χ1n) is 11.7. The molecule has 16 heteroatoms. The number of ether oxygens (including phenoxy) is 1. The summed E-state index contributed by atoms with van der Waals surface area (Å²) in [6, 6.07) is 11.6. The van der Waals surface area contributed by atoms with E-state index in [0.717, 1.165) is 16.7 Å². The van der Waals surface area contributed by atoms with Gasteiger partial charge in [0.05, 0.1) is 17.0 Å². The lowest BCUT2D eigenvalue weighted by molar-refractivity contribution is -0.192. The van der Waals surface area contributed by atoms with Crippen molar-refractivity contribution >= 4 is 50.2 Å². The van der Waals surface area contributed by atoms with Crippen molar-refractivity contribution in [2.24, 2.45) is 5.73 Å². The Kier molecular flexibility index (Phi) is 9.78. The van der Waals surface area contributed by atoms with Crippen molar-refractivity contribution in [3.05, 3.63) is 76.6 Å². The summed E-state index contributed by atoms with van der Waals surface area (Å²) in [4.78, 5) is 31.6. The molecular formula is C26H23F3N2O9S2. The fourth-order valence-electron chi connectivity index (χ4n) is 3.65. The van der Waals surface area contributed by atoms with E-state index in [2.05, 4.69) is 0 Å². The Hall–Kier alpha value is -4.25. The Labute approximate surface area is 240 Å². The summed E-state index contributed by atoms with van der Waals surface area (Å²) in [7, 11) is -3.95. The van der Waals surface area contributed by atoms with Gasteiger partial charge in [0.15, 0.2) is 6.10 Å². The van der Waals surface area contributed by atoms with Crippen LogP contribution in [0.2, 0.25) is 0 Å². The molecule has 0 unspecified atom stereocenters. The number of carboxylic acid groups (broad SMARTS) is 3. The number of thiophene rings is 1. The molecule has 2 atom stereocenters. The lowest BCUT2D eigenvalue weighted by Gasteiger charge is -2.17. The summed E-state index contributed by atoms with van der Waals surface area (Å²) in [5.74, 6) is -5.77. The largest absolute Gasteiger partial charge is 0.490 e. The molecule has 4 rings (SSSR count). The van der Waals surface area contributed by atoms with Gasteiger partial charge in [0, 0.05) is 17.1 Å². The maximum Gasteiger partial charge on any atom is 0.490 e. The van der Waals surface area contributed by atoms with E-state index < -0.39 is 46.3 Å². The van der Waals surface area contributed by atoms with E-state index in [9.17, 15) is 36.3 Å². The van der Waals surface area contributed by atoms with Gasteiger partial charge >= 0.3 is 24.1 Å². The van der Waals surface area contributed by atoms with Gasteiger partial charge in [-0.3, -0.25) is 4.79 Å². The van der Waals surface area contributed by atoms with Crippen LogP contribution >= 0.6 is 11.3 Å². The summed E-state index contributed by atoms with van der Waals surface area (Å²) < 4.78 is 65.3. The number of carboxylic acids is 3. The number of nitrogens with zero attached hydrogens (tertiary/aromatic N) is 1.